The Morgan fingerprint density at radius 3 is 2.96 bits per heavy atom. The summed E-state index contributed by atoms with van der Waals surface area (Å²) in [5.74, 6) is 0.176. The average Bonchev–Trinajstić information content (AvgIpc) is 2.98. The molecule has 1 aromatic carbocycles. The van der Waals surface area contributed by atoms with E-state index in [0.29, 0.717) is 37.2 Å². The fraction of sp³-hybridized carbons (Fsp3) is 0.368. The van der Waals surface area contributed by atoms with Crippen LogP contribution in [0.3, 0.4) is 0 Å². The molecular formula is C19H20N6O2. The van der Waals surface area contributed by atoms with Gasteiger partial charge in [0.05, 0.1) is 12.8 Å². The van der Waals surface area contributed by atoms with Crippen LogP contribution in [0.2, 0.25) is 0 Å². The molecule has 27 heavy (non-hydrogen) atoms. The summed E-state index contributed by atoms with van der Waals surface area (Å²) < 4.78 is 31.9. The van der Waals surface area contributed by atoms with Crippen molar-refractivity contribution in [3.63, 3.8) is 0 Å². The van der Waals surface area contributed by atoms with E-state index in [4.69, 9.17) is 15.4 Å². The molecule has 1 aliphatic rings. The molecule has 0 radical (unpaired) electrons. The molecule has 138 valence electrons. The van der Waals surface area contributed by atoms with Gasteiger partial charge in [-0.3, -0.25) is 9.13 Å². The van der Waals surface area contributed by atoms with E-state index in [-0.39, 0.29) is 34.6 Å². The highest BCUT2D eigenvalue weighted by Crippen LogP contribution is 2.26. The highest BCUT2D eigenvalue weighted by Gasteiger charge is 2.23. The van der Waals surface area contributed by atoms with E-state index in [1.165, 1.54) is 22.8 Å². The van der Waals surface area contributed by atoms with Gasteiger partial charge in [-0.15, -0.1) is 0 Å². The van der Waals surface area contributed by atoms with Crippen molar-refractivity contribution >= 4 is 28.5 Å². The predicted molar refractivity (Wildman–Crippen MR) is 103 cm³/mol. The molecule has 1 saturated heterocycles. The molecule has 8 nitrogen and oxygen atoms in total. The first-order chi connectivity index (χ1) is 14.3. The summed E-state index contributed by atoms with van der Waals surface area (Å²) in [6.07, 6.45) is 2.98. The molecule has 0 bridgehead atoms. The Morgan fingerprint density at radius 2 is 2.22 bits per heavy atom. The van der Waals surface area contributed by atoms with Crippen LogP contribution >= 0.6 is 0 Å². The van der Waals surface area contributed by atoms with Crippen molar-refractivity contribution in [2.45, 2.75) is 25.7 Å². The van der Waals surface area contributed by atoms with E-state index < -0.39 is 6.85 Å². The van der Waals surface area contributed by atoms with Gasteiger partial charge in [0.25, 0.3) is 0 Å². The predicted octanol–water partition coefficient (Wildman–Crippen LogP) is 3.08. The summed E-state index contributed by atoms with van der Waals surface area (Å²) in [6, 6.07) is 4.37. The maximum absolute atomic E-state index is 12.8. The van der Waals surface area contributed by atoms with Crippen LogP contribution in [0.4, 0.5) is 17.3 Å². The molecule has 0 unspecified atom stereocenters. The Balaban J connectivity index is 1.78. The van der Waals surface area contributed by atoms with Crippen LogP contribution in [0.25, 0.3) is 16.0 Å². The number of benzene rings is 1. The number of hydrogen-bond acceptors (Lipinski definition) is 5. The van der Waals surface area contributed by atoms with Crippen molar-refractivity contribution in [3.05, 3.63) is 51.9 Å². The molecule has 3 heterocycles. The molecule has 3 aromatic rings. The van der Waals surface area contributed by atoms with Crippen LogP contribution in [0, 0.1) is 13.4 Å². The molecule has 0 amide bonds. The Hall–Kier alpha value is -3.18. The number of imidazole rings is 1. The number of aromatic nitrogens is 4. The van der Waals surface area contributed by atoms with Gasteiger partial charge in [0.2, 0.25) is 5.95 Å². The molecule has 1 fully saturated rings. The smallest absolute Gasteiger partial charge is 0.330 e. The van der Waals surface area contributed by atoms with Gasteiger partial charge >= 0.3 is 5.69 Å². The van der Waals surface area contributed by atoms with Gasteiger partial charge in [-0.1, -0.05) is 12.1 Å². The van der Waals surface area contributed by atoms with E-state index in [9.17, 15) is 4.79 Å². The van der Waals surface area contributed by atoms with Gasteiger partial charge in [0.1, 0.15) is 5.52 Å². The first-order valence-electron chi connectivity index (χ1n) is 10.1. The second kappa shape index (κ2) is 6.85. The van der Waals surface area contributed by atoms with Gasteiger partial charge in [-0.25, -0.2) is 14.6 Å². The van der Waals surface area contributed by atoms with Gasteiger partial charge in [0, 0.05) is 36.1 Å². The lowest BCUT2D eigenvalue weighted by atomic mass is 10.1. The number of fused-ring (bicyclic) bond motifs is 1. The van der Waals surface area contributed by atoms with Crippen LogP contribution in [-0.2, 0) is 11.8 Å². The Morgan fingerprint density at radius 1 is 1.41 bits per heavy atom. The van der Waals surface area contributed by atoms with E-state index in [1.807, 2.05) is 0 Å². The van der Waals surface area contributed by atoms with Gasteiger partial charge in [-0.2, -0.15) is 4.98 Å². The molecule has 4 rings (SSSR count). The second-order valence-electron chi connectivity index (χ2n) is 6.42. The standard InChI is InChI=1S/C19H20N6O2/c1-12-10-13(20-2)4-5-15(12)22-18-21-11-16-17(23-18)25(19(26)24(16)3)14-6-8-27-9-7-14/h4-5,10-11,14H,6-9H2,1,3H3,(H,21,22,23)/i1D3. The lowest BCUT2D eigenvalue weighted by Crippen LogP contribution is -2.30. The van der Waals surface area contributed by atoms with Crippen LogP contribution in [-0.4, -0.2) is 32.3 Å². The summed E-state index contributed by atoms with van der Waals surface area (Å²) in [6.45, 7) is 5.87. The second-order valence-corrected chi connectivity index (χ2v) is 6.42. The molecule has 2 aromatic heterocycles. The first kappa shape index (κ1) is 13.9. The number of ether oxygens (including phenoxy) is 1. The molecular weight excluding hydrogens is 344 g/mol. The molecule has 0 spiro atoms. The molecule has 1 aliphatic heterocycles. The first-order valence-corrected chi connectivity index (χ1v) is 8.60. The Labute approximate surface area is 160 Å². The normalized spacial score (nSPS) is 17.1. The van der Waals surface area contributed by atoms with E-state index in [2.05, 4.69) is 20.1 Å². The number of hydrogen-bond donors (Lipinski definition) is 1. The van der Waals surface area contributed by atoms with Crippen molar-refractivity contribution in [2.24, 2.45) is 7.05 Å². The van der Waals surface area contributed by atoms with Crippen LogP contribution in [0.1, 0.15) is 28.6 Å². The van der Waals surface area contributed by atoms with Crippen LogP contribution < -0.4 is 11.0 Å². The van der Waals surface area contributed by atoms with Gasteiger partial charge in [0.15, 0.2) is 11.3 Å². The summed E-state index contributed by atoms with van der Waals surface area (Å²) in [5, 5.41) is 2.95. The minimum absolute atomic E-state index is 0.00887. The maximum Gasteiger partial charge on any atom is 0.330 e. The van der Waals surface area contributed by atoms with Crippen molar-refractivity contribution in [1.82, 2.24) is 19.1 Å². The largest absolute Gasteiger partial charge is 0.381 e. The van der Waals surface area contributed by atoms with Crippen LogP contribution in [0.5, 0.6) is 0 Å². The summed E-state index contributed by atoms with van der Waals surface area (Å²) in [4.78, 5) is 24.9. The fourth-order valence-electron chi connectivity index (χ4n) is 3.30. The number of aryl methyl sites for hydroxylation is 2. The molecule has 1 N–H and O–H groups in total. The minimum Gasteiger partial charge on any atom is -0.381 e. The van der Waals surface area contributed by atoms with E-state index >= 15 is 0 Å². The van der Waals surface area contributed by atoms with Crippen molar-refractivity contribution in [2.75, 3.05) is 18.5 Å². The number of nitrogens with zero attached hydrogens (tertiary/aromatic N) is 5. The third-order valence-electron chi connectivity index (χ3n) is 4.77. The molecule has 0 aliphatic carbocycles. The lowest BCUT2D eigenvalue weighted by Gasteiger charge is -2.22. The van der Waals surface area contributed by atoms with Crippen molar-refractivity contribution < 1.29 is 8.85 Å². The minimum atomic E-state index is -2.41. The van der Waals surface area contributed by atoms with Gasteiger partial charge in [-0.05, 0) is 31.3 Å². The lowest BCUT2D eigenvalue weighted by molar-refractivity contribution is 0.0695. The molecule has 0 atom stereocenters. The van der Waals surface area contributed by atoms with Crippen molar-refractivity contribution in [3.8, 4) is 0 Å². The van der Waals surface area contributed by atoms with E-state index in [1.54, 1.807) is 17.8 Å². The quantitative estimate of drug-likeness (QED) is 0.720. The summed E-state index contributed by atoms with van der Waals surface area (Å²) in [7, 11) is 1.67. The highest BCUT2D eigenvalue weighted by atomic mass is 16.5. The fourth-order valence-corrected chi connectivity index (χ4v) is 3.30. The zero-order valence-electron chi connectivity index (χ0n) is 17.8. The molecule has 8 heteroatoms. The topological polar surface area (TPSA) is 78.3 Å². The SMILES string of the molecule is [2H]C([2H])([2H])c1cc([N+]#[C-])ccc1Nc1ncc2c(n1)n(C1CCOCC1)c(=O)n2C. The zero-order chi connectivity index (χ0) is 21.5. The molecule has 0 saturated carbocycles. The Kier molecular flexibility index (Phi) is 3.54. The third-order valence-corrected chi connectivity index (χ3v) is 4.77. The monoisotopic (exact) mass is 367 g/mol. The Bertz CT molecular complexity index is 1200. The number of rotatable bonds is 3. The number of nitrogens with one attached hydrogen (secondary N) is 1. The summed E-state index contributed by atoms with van der Waals surface area (Å²) >= 11 is 0. The van der Waals surface area contributed by atoms with Crippen LogP contribution in [0.15, 0.2) is 29.2 Å². The third kappa shape index (κ3) is 3.06. The number of anilines is 2. The van der Waals surface area contributed by atoms with E-state index in [0.717, 1.165) is 0 Å². The maximum atomic E-state index is 12.8. The average molecular weight is 367 g/mol. The van der Waals surface area contributed by atoms with Crippen molar-refractivity contribution in [1.29, 1.82) is 0 Å². The highest BCUT2D eigenvalue weighted by molar-refractivity contribution is 5.73. The summed E-state index contributed by atoms with van der Waals surface area (Å²) in [5.41, 5.74) is 1.44. The zero-order valence-corrected chi connectivity index (χ0v) is 14.8. The van der Waals surface area contributed by atoms with Gasteiger partial charge < -0.3 is 10.1 Å².